The van der Waals surface area contributed by atoms with Gasteiger partial charge in [0, 0.05) is 11.8 Å². The summed E-state index contributed by atoms with van der Waals surface area (Å²) in [5.41, 5.74) is -2.90. The molecule has 0 aromatic heterocycles. The molecule has 3 saturated carbocycles. The average Bonchev–Trinajstić information content (AvgIpc) is 3.07. The molecule has 0 aliphatic heterocycles. The second kappa shape index (κ2) is 7.78. The van der Waals surface area contributed by atoms with Crippen molar-refractivity contribution in [3.63, 3.8) is 0 Å². The lowest BCUT2D eigenvalue weighted by Crippen LogP contribution is -2.71. The summed E-state index contributed by atoms with van der Waals surface area (Å²) in [6.07, 6.45) is 10.2. The van der Waals surface area contributed by atoms with Crippen molar-refractivity contribution in [2.45, 2.75) is 104 Å². The van der Waals surface area contributed by atoms with Crippen molar-refractivity contribution in [1.29, 1.82) is 0 Å². The highest BCUT2D eigenvalue weighted by molar-refractivity contribution is 6.00. The van der Waals surface area contributed by atoms with Crippen LogP contribution < -0.4 is 0 Å². The summed E-state index contributed by atoms with van der Waals surface area (Å²) in [5, 5.41) is 33.9. The van der Waals surface area contributed by atoms with E-state index in [1.807, 2.05) is 6.92 Å². The number of ketones is 1. The van der Waals surface area contributed by atoms with Crippen molar-refractivity contribution in [3.8, 4) is 0 Å². The van der Waals surface area contributed by atoms with E-state index in [4.69, 9.17) is 0 Å². The Balaban J connectivity index is 1.67. The number of aliphatic hydroxyl groups excluding tert-OH is 1. The highest BCUT2D eigenvalue weighted by atomic mass is 16.3. The molecule has 0 heterocycles. The fraction of sp³-hybridized carbons (Fsp3) is 0.821. The van der Waals surface area contributed by atoms with Crippen LogP contribution in [0.4, 0.5) is 0 Å². The third-order valence-electron chi connectivity index (χ3n) is 10.7. The maximum atomic E-state index is 13.3. The van der Waals surface area contributed by atoms with E-state index >= 15 is 0 Å². The topological polar surface area (TPSA) is 77.8 Å². The zero-order valence-electron chi connectivity index (χ0n) is 20.9. The average molecular weight is 445 g/mol. The predicted octanol–water partition coefficient (Wildman–Crippen LogP) is 4.82. The molecule has 180 valence electrons. The summed E-state index contributed by atoms with van der Waals surface area (Å²) in [6.45, 7) is 13.4. The highest BCUT2D eigenvalue weighted by Gasteiger charge is 2.71. The van der Waals surface area contributed by atoms with Gasteiger partial charge in [0.05, 0.1) is 11.7 Å². The largest absolute Gasteiger partial charge is 0.393 e. The number of hydrogen-bond acceptors (Lipinski definition) is 4. The molecule has 3 N–H and O–H groups in total. The van der Waals surface area contributed by atoms with Crippen LogP contribution in [0, 0.1) is 40.4 Å². The third-order valence-corrected chi connectivity index (χ3v) is 10.7. The van der Waals surface area contributed by atoms with Crippen LogP contribution in [-0.4, -0.2) is 38.4 Å². The lowest BCUT2D eigenvalue weighted by Gasteiger charge is -2.63. The van der Waals surface area contributed by atoms with Gasteiger partial charge in [0.25, 0.3) is 0 Å². The van der Waals surface area contributed by atoms with Crippen LogP contribution in [-0.2, 0) is 4.79 Å². The van der Waals surface area contributed by atoms with Crippen LogP contribution in [0.15, 0.2) is 23.8 Å². The van der Waals surface area contributed by atoms with E-state index in [-0.39, 0.29) is 23.5 Å². The number of aliphatic hydroxyl groups is 3. The molecule has 4 heteroatoms. The fourth-order valence-electron chi connectivity index (χ4n) is 7.91. The summed E-state index contributed by atoms with van der Waals surface area (Å²) in [6, 6.07) is 0. The van der Waals surface area contributed by atoms with Gasteiger partial charge < -0.3 is 15.3 Å². The number of rotatable bonds is 4. The number of allylic oxidation sites excluding steroid dienone is 2. The fourth-order valence-corrected chi connectivity index (χ4v) is 7.91. The van der Waals surface area contributed by atoms with Crippen molar-refractivity contribution < 1.29 is 20.1 Å². The van der Waals surface area contributed by atoms with E-state index in [0.717, 1.165) is 24.8 Å². The summed E-state index contributed by atoms with van der Waals surface area (Å²) < 4.78 is 0. The third kappa shape index (κ3) is 3.15. The lowest BCUT2D eigenvalue weighted by molar-refractivity contribution is -0.223. The molecule has 0 radical (unpaired) electrons. The van der Waals surface area contributed by atoms with Gasteiger partial charge in [0.15, 0.2) is 5.78 Å². The van der Waals surface area contributed by atoms with Gasteiger partial charge in [-0.05, 0) is 85.2 Å². The molecule has 3 fully saturated rings. The van der Waals surface area contributed by atoms with Crippen LogP contribution >= 0.6 is 0 Å². The smallest absolute Gasteiger partial charge is 0.188 e. The molecule has 0 aromatic rings. The SMILES string of the molecule is CC(C)[C@@H](C)C=C[C@@H](C)[C@H]1CC[C@H]2C3=CC(=O)C4(O)CC(O)CC[C@]4(C)[C@@]3(O)CC[C@]12C. The van der Waals surface area contributed by atoms with Crippen molar-refractivity contribution in [2.24, 2.45) is 40.4 Å². The molecular weight excluding hydrogens is 400 g/mol. The maximum Gasteiger partial charge on any atom is 0.188 e. The van der Waals surface area contributed by atoms with Gasteiger partial charge in [-0.15, -0.1) is 0 Å². The van der Waals surface area contributed by atoms with E-state index < -0.39 is 22.7 Å². The molecule has 32 heavy (non-hydrogen) atoms. The Morgan fingerprint density at radius 2 is 1.66 bits per heavy atom. The molecule has 4 rings (SSSR count). The zero-order valence-corrected chi connectivity index (χ0v) is 20.9. The van der Waals surface area contributed by atoms with E-state index in [1.165, 1.54) is 0 Å². The highest BCUT2D eigenvalue weighted by Crippen LogP contribution is 2.68. The minimum Gasteiger partial charge on any atom is -0.393 e. The molecule has 0 saturated heterocycles. The lowest BCUT2D eigenvalue weighted by atomic mass is 9.43. The molecule has 0 aromatic carbocycles. The Labute approximate surface area is 194 Å². The molecule has 4 aliphatic rings. The van der Waals surface area contributed by atoms with Crippen molar-refractivity contribution >= 4 is 5.78 Å². The normalized spacial score (nSPS) is 48.2. The van der Waals surface area contributed by atoms with Crippen molar-refractivity contribution in [3.05, 3.63) is 23.8 Å². The van der Waals surface area contributed by atoms with E-state index in [2.05, 4.69) is 46.8 Å². The van der Waals surface area contributed by atoms with Gasteiger partial charge in [-0.1, -0.05) is 53.7 Å². The Bertz CT molecular complexity index is 829. The Morgan fingerprint density at radius 1 is 0.969 bits per heavy atom. The molecule has 9 atom stereocenters. The van der Waals surface area contributed by atoms with Crippen LogP contribution in [0.2, 0.25) is 0 Å². The van der Waals surface area contributed by atoms with Crippen molar-refractivity contribution in [2.75, 3.05) is 0 Å². The van der Waals surface area contributed by atoms with Gasteiger partial charge >= 0.3 is 0 Å². The van der Waals surface area contributed by atoms with Gasteiger partial charge in [-0.25, -0.2) is 0 Å². The van der Waals surface area contributed by atoms with Gasteiger partial charge in [-0.3, -0.25) is 4.79 Å². The summed E-state index contributed by atoms with van der Waals surface area (Å²) in [7, 11) is 0. The maximum absolute atomic E-state index is 13.3. The van der Waals surface area contributed by atoms with E-state index in [9.17, 15) is 20.1 Å². The first-order valence-electron chi connectivity index (χ1n) is 12.9. The Hall–Kier alpha value is -0.970. The molecular formula is C28H44O4. The van der Waals surface area contributed by atoms with Crippen LogP contribution in [0.1, 0.15) is 86.5 Å². The number of carbonyl (C=O) groups is 1. The molecule has 4 nitrogen and oxygen atoms in total. The second-order valence-electron chi connectivity index (χ2n) is 12.5. The number of hydrogen-bond donors (Lipinski definition) is 3. The first kappa shape index (κ1) is 24.2. The first-order chi connectivity index (χ1) is 14.8. The summed E-state index contributed by atoms with van der Waals surface area (Å²) in [5.74, 6) is 2.01. The number of carbonyl (C=O) groups excluding carboxylic acids is 1. The van der Waals surface area contributed by atoms with Crippen LogP contribution in [0.3, 0.4) is 0 Å². The Morgan fingerprint density at radius 3 is 2.31 bits per heavy atom. The minimum absolute atomic E-state index is 0.0227. The molecule has 4 aliphatic carbocycles. The van der Waals surface area contributed by atoms with Gasteiger partial charge in [0.1, 0.15) is 5.60 Å². The summed E-state index contributed by atoms with van der Waals surface area (Å²) in [4.78, 5) is 13.3. The van der Waals surface area contributed by atoms with E-state index in [0.29, 0.717) is 42.9 Å². The summed E-state index contributed by atoms with van der Waals surface area (Å²) >= 11 is 0. The standard InChI is InChI=1S/C28H44O4/c1-17(2)18(3)7-8-19(4)21-9-10-22-23-15-24(30)28(32)16-20(29)11-12-26(28,6)27(23,31)14-13-25(21,22)5/h7-8,15,17-22,29,31-32H,9-14,16H2,1-6H3/t18-,19+,20?,21+,22-,25+,26+,27+,28?/m0/s1. The van der Waals surface area contributed by atoms with Crippen LogP contribution in [0.25, 0.3) is 0 Å². The second-order valence-corrected chi connectivity index (χ2v) is 12.5. The molecule has 0 spiro atoms. The Kier molecular flexibility index (Phi) is 5.88. The first-order valence-corrected chi connectivity index (χ1v) is 12.9. The predicted molar refractivity (Wildman–Crippen MR) is 127 cm³/mol. The zero-order chi connectivity index (χ0) is 23.7. The number of fused-ring (bicyclic) bond motifs is 5. The van der Waals surface area contributed by atoms with Crippen molar-refractivity contribution in [1.82, 2.24) is 0 Å². The van der Waals surface area contributed by atoms with E-state index in [1.54, 1.807) is 6.08 Å². The molecule has 0 bridgehead atoms. The quantitative estimate of drug-likeness (QED) is 0.543. The van der Waals surface area contributed by atoms with Gasteiger partial charge in [-0.2, -0.15) is 0 Å². The molecule has 0 amide bonds. The molecule has 2 unspecified atom stereocenters. The monoisotopic (exact) mass is 444 g/mol. The van der Waals surface area contributed by atoms with Crippen LogP contribution in [0.5, 0.6) is 0 Å². The minimum atomic E-state index is -1.68. The van der Waals surface area contributed by atoms with Gasteiger partial charge in [0.2, 0.25) is 0 Å².